The number of thiol groups is 1. The van der Waals surface area contributed by atoms with Crippen molar-refractivity contribution < 1.29 is 9.53 Å². The molecule has 0 aliphatic carbocycles. The molecule has 3 heteroatoms. The minimum absolute atomic E-state index is 0.105. The first-order chi connectivity index (χ1) is 5.54. The van der Waals surface area contributed by atoms with E-state index in [2.05, 4.69) is 12.6 Å². The Morgan fingerprint density at radius 1 is 1.50 bits per heavy atom. The van der Waals surface area contributed by atoms with Crippen LogP contribution in [0.15, 0.2) is 0 Å². The van der Waals surface area contributed by atoms with Crippen LogP contribution >= 0.6 is 12.6 Å². The molecule has 0 unspecified atom stereocenters. The van der Waals surface area contributed by atoms with E-state index < -0.39 is 0 Å². The van der Waals surface area contributed by atoms with Crippen molar-refractivity contribution in [2.24, 2.45) is 5.41 Å². The van der Waals surface area contributed by atoms with Crippen molar-refractivity contribution in [3.8, 4) is 0 Å². The number of hydrogen-bond donors (Lipinski definition) is 1. The molecule has 0 heterocycles. The van der Waals surface area contributed by atoms with Crippen LogP contribution in [0.2, 0.25) is 0 Å². The Hall–Kier alpha value is -0.180. The maximum absolute atomic E-state index is 11.3. The van der Waals surface area contributed by atoms with E-state index in [1.54, 1.807) is 0 Å². The Bertz CT molecular complexity index is 143. The highest BCUT2D eigenvalue weighted by Crippen LogP contribution is 2.21. The van der Waals surface area contributed by atoms with Gasteiger partial charge < -0.3 is 4.74 Å². The molecule has 0 aromatic carbocycles. The lowest BCUT2D eigenvalue weighted by Gasteiger charge is -2.19. The second kappa shape index (κ2) is 5.46. The van der Waals surface area contributed by atoms with Crippen molar-refractivity contribution in [1.29, 1.82) is 0 Å². The third-order valence-electron chi connectivity index (χ3n) is 1.97. The van der Waals surface area contributed by atoms with Gasteiger partial charge in [-0.3, -0.25) is 4.79 Å². The topological polar surface area (TPSA) is 26.3 Å². The van der Waals surface area contributed by atoms with E-state index in [-0.39, 0.29) is 11.4 Å². The van der Waals surface area contributed by atoms with Crippen LogP contribution in [0.25, 0.3) is 0 Å². The number of hydrogen-bond acceptors (Lipinski definition) is 3. The molecule has 2 nitrogen and oxygen atoms in total. The van der Waals surface area contributed by atoms with Gasteiger partial charge in [-0.25, -0.2) is 0 Å². The van der Waals surface area contributed by atoms with Crippen LogP contribution in [0.1, 0.15) is 33.6 Å². The van der Waals surface area contributed by atoms with E-state index in [9.17, 15) is 4.79 Å². The van der Waals surface area contributed by atoms with Crippen LogP contribution in [0.4, 0.5) is 0 Å². The van der Waals surface area contributed by atoms with Crippen molar-refractivity contribution in [1.82, 2.24) is 0 Å². The van der Waals surface area contributed by atoms with E-state index in [0.717, 1.165) is 18.6 Å². The molecule has 0 fully saturated rings. The molecule has 0 aliphatic rings. The van der Waals surface area contributed by atoms with Gasteiger partial charge in [-0.15, -0.1) is 0 Å². The SMILES string of the molecule is CCC(C)(C)C(=O)OCCCS. The highest BCUT2D eigenvalue weighted by molar-refractivity contribution is 7.80. The minimum Gasteiger partial charge on any atom is -0.465 e. The van der Waals surface area contributed by atoms with Crippen molar-refractivity contribution in [2.75, 3.05) is 12.4 Å². The highest BCUT2D eigenvalue weighted by Gasteiger charge is 2.26. The van der Waals surface area contributed by atoms with Crippen molar-refractivity contribution in [3.63, 3.8) is 0 Å². The lowest BCUT2D eigenvalue weighted by Crippen LogP contribution is -2.26. The Morgan fingerprint density at radius 2 is 2.08 bits per heavy atom. The summed E-state index contributed by atoms with van der Waals surface area (Å²) in [4.78, 5) is 11.3. The Kier molecular flexibility index (Phi) is 5.38. The molecular formula is C9H18O2S. The maximum atomic E-state index is 11.3. The molecule has 0 amide bonds. The van der Waals surface area contributed by atoms with E-state index >= 15 is 0 Å². The van der Waals surface area contributed by atoms with Crippen LogP contribution in [0.3, 0.4) is 0 Å². The zero-order chi connectivity index (χ0) is 9.61. The standard InChI is InChI=1S/C9H18O2S/c1-4-9(2,3)8(10)11-6-5-7-12/h12H,4-7H2,1-3H3. The number of rotatable bonds is 5. The average Bonchev–Trinajstić information content (AvgIpc) is 2.05. The normalized spacial score (nSPS) is 11.3. The fourth-order valence-corrected chi connectivity index (χ4v) is 0.698. The fourth-order valence-electron chi connectivity index (χ4n) is 0.569. The summed E-state index contributed by atoms with van der Waals surface area (Å²) in [6.07, 6.45) is 1.64. The summed E-state index contributed by atoms with van der Waals surface area (Å²) < 4.78 is 5.05. The predicted octanol–water partition coefficient (Wildman–Crippen LogP) is 2.29. The second-order valence-electron chi connectivity index (χ2n) is 3.45. The first-order valence-corrected chi connectivity index (χ1v) is 4.96. The van der Waals surface area contributed by atoms with Gasteiger partial charge in [0.25, 0.3) is 0 Å². The summed E-state index contributed by atoms with van der Waals surface area (Å²) in [5.41, 5.74) is -0.337. The molecule has 0 radical (unpaired) electrons. The van der Waals surface area contributed by atoms with Crippen LogP contribution in [-0.2, 0) is 9.53 Å². The number of esters is 1. The van der Waals surface area contributed by atoms with Gasteiger partial charge in [0, 0.05) is 0 Å². The Morgan fingerprint density at radius 3 is 2.50 bits per heavy atom. The third kappa shape index (κ3) is 4.00. The Balaban J connectivity index is 3.72. The lowest BCUT2D eigenvalue weighted by atomic mass is 9.91. The summed E-state index contributed by atoms with van der Waals surface area (Å²) in [5, 5.41) is 0. The quantitative estimate of drug-likeness (QED) is 0.409. The monoisotopic (exact) mass is 190 g/mol. The lowest BCUT2D eigenvalue weighted by molar-refractivity contribution is -0.154. The Labute approximate surface area is 80.1 Å². The zero-order valence-electron chi connectivity index (χ0n) is 8.09. The molecule has 0 spiro atoms. The zero-order valence-corrected chi connectivity index (χ0v) is 8.99. The van der Waals surface area contributed by atoms with Gasteiger partial charge in [0.05, 0.1) is 12.0 Å². The molecule has 0 rings (SSSR count). The van der Waals surface area contributed by atoms with Crippen molar-refractivity contribution in [2.45, 2.75) is 33.6 Å². The summed E-state index contributed by atoms with van der Waals surface area (Å²) in [6.45, 7) is 6.28. The molecule has 0 N–H and O–H groups in total. The van der Waals surface area contributed by atoms with Crippen molar-refractivity contribution >= 4 is 18.6 Å². The fraction of sp³-hybridized carbons (Fsp3) is 0.889. The average molecular weight is 190 g/mol. The number of carbonyl (C=O) groups excluding carboxylic acids is 1. The van der Waals surface area contributed by atoms with Gasteiger partial charge in [-0.2, -0.15) is 12.6 Å². The van der Waals surface area contributed by atoms with E-state index in [0.29, 0.717) is 6.61 Å². The van der Waals surface area contributed by atoms with Gasteiger partial charge in [0.2, 0.25) is 0 Å². The van der Waals surface area contributed by atoms with E-state index in [1.807, 2.05) is 20.8 Å². The van der Waals surface area contributed by atoms with Gasteiger partial charge >= 0.3 is 5.97 Å². The van der Waals surface area contributed by atoms with E-state index in [4.69, 9.17) is 4.74 Å². The number of carbonyl (C=O) groups is 1. The maximum Gasteiger partial charge on any atom is 0.311 e. The molecule has 0 bridgehead atoms. The minimum atomic E-state index is -0.337. The molecule has 0 saturated carbocycles. The van der Waals surface area contributed by atoms with Crippen LogP contribution in [0, 0.1) is 5.41 Å². The summed E-state index contributed by atoms with van der Waals surface area (Å²) in [5.74, 6) is 0.659. The van der Waals surface area contributed by atoms with Gasteiger partial charge in [0.1, 0.15) is 0 Å². The van der Waals surface area contributed by atoms with Crippen LogP contribution in [0.5, 0.6) is 0 Å². The predicted molar refractivity (Wildman–Crippen MR) is 53.5 cm³/mol. The smallest absolute Gasteiger partial charge is 0.311 e. The first-order valence-electron chi connectivity index (χ1n) is 4.32. The summed E-state index contributed by atoms with van der Waals surface area (Å²) >= 11 is 4.03. The molecule has 0 aromatic heterocycles. The molecule has 0 aliphatic heterocycles. The van der Waals surface area contributed by atoms with Gasteiger partial charge in [-0.05, 0) is 32.4 Å². The molecular weight excluding hydrogens is 172 g/mol. The molecule has 72 valence electrons. The largest absolute Gasteiger partial charge is 0.465 e. The summed E-state index contributed by atoms with van der Waals surface area (Å²) in [6, 6.07) is 0. The molecule has 0 saturated heterocycles. The van der Waals surface area contributed by atoms with Gasteiger partial charge in [-0.1, -0.05) is 6.92 Å². The highest BCUT2D eigenvalue weighted by atomic mass is 32.1. The van der Waals surface area contributed by atoms with Crippen molar-refractivity contribution in [3.05, 3.63) is 0 Å². The second-order valence-corrected chi connectivity index (χ2v) is 3.90. The van der Waals surface area contributed by atoms with E-state index in [1.165, 1.54) is 0 Å². The van der Waals surface area contributed by atoms with Crippen LogP contribution in [-0.4, -0.2) is 18.3 Å². The van der Waals surface area contributed by atoms with Gasteiger partial charge in [0.15, 0.2) is 0 Å². The molecule has 0 atom stereocenters. The van der Waals surface area contributed by atoms with Crippen LogP contribution < -0.4 is 0 Å². The summed E-state index contributed by atoms with van der Waals surface area (Å²) in [7, 11) is 0. The molecule has 12 heavy (non-hydrogen) atoms. The third-order valence-corrected chi connectivity index (χ3v) is 2.29. The first kappa shape index (κ1) is 11.8. The molecule has 0 aromatic rings. The number of ether oxygens (including phenoxy) is 1.